The second-order valence-electron chi connectivity index (χ2n) is 7.00. The molecule has 1 aliphatic heterocycles. The summed E-state index contributed by atoms with van der Waals surface area (Å²) in [6.45, 7) is 2.61. The van der Waals surface area contributed by atoms with Gasteiger partial charge in [0.1, 0.15) is 5.75 Å². The average Bonchev–Trinajstić information content (AvgIpc) is 3.13. The molecule has 0 spiro atoms. The van der Waals surface area contributed by atoms with E-state index in [1.807, 2.05) is 67.6 Å². The van der Waals surface area contributed by atoms with Gasteiger partial charge in [0.2, 0.25) is 5.91 Å². The van der Waals surface area contributed by atoms with Crippen LogP contribution in [0, 0.1) is 6.92 Å². The molecular weight excluding hydrogens is 352 g/mol. The van der Waals surface area contributed by atoms with E-state index in [9.17, 15) is 9.59 Å². The molecule has 0 aromatic heterocycles. The van der Waals surface area contributed by atoms with Crippen LogP contribution in [0.4, 0.5) is 11.4 Å². The lowest BCUT2D eigenvalue weighted by atomic mass is 10.1. The number of nitrogens with zero attached hydrogens (tertiary/aromatic N) is 1. The topological polar surface area (TPSA) is 58.6 Å². The number of carbonyl (C=O) groups is 2. The van der Waals surface area contributed by atoms with Gasteiger partial charge in [-0.1, -0.05) is 36.4 Å². The van der Waals surface area contributed by atoms with Gasteiger partial charge in [0, 0.05) is 24.3 Å². The minimum atomic E-state index is -0.240. The summed E-state index contributed by atoms with van der Waals surface area (Å²) in [6, 6.07) is 19.4. The molecule has 5 heteroatoms. The van der Waals surface area contributed by atoms with E-state index < -0.39 is 0 Å². The van der Waals surface area contributed by atoms with Crippen LogP contribution >= 0.6 is 0 Å². The van der Waals surface area contributed by atoms with E-state index in [1.165, 1.54) is 0 Å². The van der Waals surface area contributed by atoms with Gasteiger partial charge in [-0.15, -0.1) is 0 Å². The molecule has 1 fully saturated rings. The van der Waals surface area contributed by atoms with Gasteiger partial charge in [0.15, 0.2) is 6.61 Å². The maximum atomic E-state index is 12.3. The molecule has 0 radical (unpaired) electrons. The van der Waals surface area contributed by atoms with Crippen LogP contribution in [0.5, 0.6) is 5.75 Å². The Labute approximate surface area is 163 Å². The van der Waals surface area contributed by atoms with Gasteiger partial charge in [0.25, 0.3) is 5.91 Å². The summed E-state index contributed by atoms with van der Waals surface area (Å²) in [6.07, 6.45) is 1.45. The van der Waals surface area contributed by atoms with E-state index in [1.54, 1.807) is 4.90 Å². The van der Waals surface area contributed by atoms with Crippen molar-refractivity contribution < 1.29 is 14.3 Å². The maximum Gasteiger partial charge on any atom is 0.262 e. The molecule has 3 aromatic carbocycles. The van der Waals surface area contributed by atoms with Crippen molar-refractivity contribution in [1.29, 1.82) is 0 Å². The SMILES string of the molecule is Cc1ccc(NC(=O)COc2ccc3ccccc3c2)cc1N1CCCC1=O. The molecule has 142 valence electrons. The Kier molecular flexibility index (Phi) is 4.98. The highest BCUT2D eigenvalue weighted by atomic mass is 16.5. The molecule has 5 nitrogen and oxygen atoms in total. The van der Waals surface area contributed by atoms with Gasteiger partial charge in [-0.2, -0.15) is 0 Å². The first kappa shape index (κ1) is 18.0. The zero-order chi connectivity index (χ0) is 19.5. The maximum absolute atomic E-state index is 12.3. The third-order valence-electron chi connectivity index (χ3n) is 4.95. The summed E-state index contributed by atoms with van der Waals surface area (Å²) in [5.41, 5.74) is 2.53. The Morgan fingerprint density at radius 1 is 1.07 bits per heavy atom. The van der Waals surface area contributed by atoms with Crippen molar-refractivity contribution in [2.45, 2.75) is 19.8 Å². The first-order valence-corrected chi connectivity index (χ1v) is 9.43. The summed E-state index contributed by atoms with van der Waals surface area (Å²) in [7, 11) is 0. The number of rotatable bonds is 5. The number of nitrogens with one attached hydrogen (secondary N) is 1. The van der Waals surface area contributed by atoms with E-state index in [-0.39, 0.29) is 18.4 Å². The van der Waals surface area contributed by atoms with Gasteiger partial charge in [-0.05, 0) is 53.9 Å². The lowest BCUT2D eigenvalue weighted by molar-refractivity contribution is -0.118. The fraction of sp³-hybridized carbons (Fsp3) is 0.217. The number of hydrogen-bond donors (Lipinski definition) is 1. The Morgan fingerprint density at radius 2 is 1.89 bits per heavy atom. The average molecular weight is 374 g/mol. The highest BCUT2D eigenvalue weighted by Gasteiger charge is 2.23. The van der Waals surface area contributed by atoms with Crippen LogP contribution < -0.4 is 15.0 Å². The summed E-state index contributed by atoms with van der Waals surface area (Å²) in [5, 5.41) is 5.05. The fourth-order valence-corrected chi connectivity index (χ4v) is 3.48. The molecule has 1 saturated heterocycles. The Balaban J connectivity index is 1.41. The highest BCUT2D eigenvalue weighted by molar-refractivity contribution is 5.98. The van der Waals surface area contributed by atoms with Gasteiger partial charge in [-0.3, -0.25) is 9.59 Å². The normalized spacial score (nSPS) is 13.8. The molecule has 0 saturated carbocycles. The zero-order valence-corrected chi connectivity index (χ0v) is 15.8. The van der Waals surface area contributed by atoms with Crippen molar-refractivity contribution in [3.05, 3.63) is 66.2 Å². The van der Waals surface area contributed by atoms with Crippen molar-refractivity contribution >= 4 is 34.0 Å². The van der Waals surface area contributed by atoms with Crippen LogP contribution in [0.25, 0.3) is 10.8 Å². The number of fused-ring (bicyclic) bond motifs is 1. The Hall–Kier alpha value is -3.34. The molecule has 28 heavy (non-hydrogen) atoms. The van der Waals surface area contributed by atoms with E-state index in [0.717, 1.165) is 35.0 Å². The standard InChI is InChI=1S/C23H22N2O3/c1-16-8-10-19(14-21(16)25-12-4-7-23(25)27)24-22(26)15-28-20-11-9-17-5-2-3-6-18(17)13-20/h2-3,5-6,8-11,13-14H,4,7,12,15H2,1H3,(H,24,26). The highest BCUT2D eigenvalue weighted by Crippen LogP contribution is 2.28. The van der Waals surface area contributed by atoms with E-state index in [0.29, 0.717) is 17.9 Å². The fourth-order valence-electron chi connectivity index (χ4n) is 3.48. The number of amides is 2. The molecule has 0 aliphatic carbocycles. The van der Waals surface area contributed by atoms with Crippen LogP contribution in [0.2, 0.25) is 0 Å². The van der Waals surface area contributed by atoms with Crippen molar-refractivity contribution in [2.24, 2.45) is 0 Å². The summed E-state index contributed by atoms with van der Waals surface area (Å²) in [5.74, 6) is 0.544. The lowest BCUT2D eigenvalue weighted by Crippen LogP contribution is -2.25. The van der Waals surface area contributed by atoms with Crippen molar-refractivity contribution in [1.82, 2.24) is 0 Å². The third kappa shape index (κ3) is 3.83. The lowest BCUT2D eigenvalue weighted by Gasteiger charge is -2.19. The molecule has 3 aromatic rings. The third-order valence-corrected chi connectivity index (χ3v) is 4.95. The zero-order valence-electron chi connectivity index (χ0n) is 15.8. The second-order valence-corrected chi connectivity index (χ2v) is 7.00. The summed E-state index contributed by atoms with van der Waals surface area (Å²) in [4.78, 5) is 26.1. The summed E-state index contributed by atoms with van der Waals surface area (Å²) < 4.78 is 5.64. The molecular formula is C23H22N2O3. The molecule has 0 bridgehead atoms. The van der Waals surface area contributed by atoms with Crippen LogP contribution in [0.3, 0.4) is 0 Å². The van der Waals surface area contributed by atoms with Gasteiger partial charge in [-0.25, -0.2) is 0 Å². The molecule has 0 atom stereocenters. The number of carbonyl (C=O) groups excluding carboxylic acids is 2. The van der Waals surface area contributed by atoms with Crippen molar-refractivity contribution in [3.63, 3.8) is 0 Å². The monoisotopic (exact) mass is 374 g/mol. The molecule has 2 amide bonds. The number of anilines is 2. The van der Waals surface area contributed by atoms with Crippen molar-refractivity contribution in [3.8, 4) is 5.75 Å². The van der Waals surface area contributed by atoms with Crippen molar-refractivity contribution in [2.75, 3.05) is 23.4 Å². The minimum absolute atomic E-state index is 0.0792. The molecule has 1 aliphatic rings. The minimum Gasteiger partial charge on any atom is -0.484 e. The Bertz CT molecular complexity index is 1040. The van der Waals surface area contributed by atoms with E-state index in [2.05, 4.69) is 5.32 Å². The predicted molar refractivity (Wildman–Crippen MR) is 111 cm³/mol. The largest absolute Gasteiger partial charge is 0.484 e. The second kappa shape index (κ2) is 7.72. The number of benzene rings is 3. The first-order valence-electron chi connectivity index (χ1n) is 9.43. The van der Waals surface area contributed by atoms with E-state index >= 15 is 0 Å². The van der Waals surface area contributed by atoms with Gasteiger partial charge < -0.3 is 15.0 Å². The van der Waals surface area contributed by atoms with Gasteiger partial charge in [0.05, 0.1) is 0 Å². The number of ether oxygens (including phenoxy) is 1. The van der Waals surface area contributed by atoms with E-state index in [4.69, 9.17) is 4.74 Å². The number of hydrogen-bond acceptors (Lipinski definition) is 3. The Morgan fingerprint density at radius 3 is 2.68 bits per heavy atom. The molecule has 1 N–H and O–H groups in total. The first-order chi connectivity index (χ1) is 13.6. The smallest absolute Gasteiger partial charge is 0.262 e. The van der Waals surface area contributed by atoms with Crippen LogP contribution in [-0.4, -0.2) is 25.0 Å². The van der Waals surface area contributed by atoms with Crippen LogP contribution in [0.15, 0.2) is 60.7 Å². The van der Waals surface area contributed by atoms with Gasteiger partial charge >= 0.3 is 0 Å². The van der Waals surface area contributed by atoms with Crippen LogP contribution in [-0.2, 0) is 9.59 Å². The van der Waals surface area contributed by atoms with Crippen LogP contribution in [0.1, 0.15) is 18.4 Å². The predicted octanol–water partition coefficient (Wildman–Crippen LogP) is 4.29. The quantitative estimate of drug-likeness (QED) is 0.725. The summed E-state index contributed by atoms with van der Waals surface area (Å²) >= 11 is 0. The molecule has 1 heterocycles. The number of aryl methyl sites for hydroxylation is 1. The molecule has 4 rings (SSSR count). The molecule has 0 unspecified atom stereocenters.